The van der Waals surface area contributed by atoms with Crippen LogP contribution in [0.4, 0.5) is 24.5 Å². The fourth-order valence-electron chi connectivity index (χ4n) is 2.51. The van der Waals surface area contributed by atoms with Gasteiger partial charge in [-0.3, -0.25) is 4.79 Å². The van der Waals surface area contributed by atoms with Crippen LogP contribution in [0.3, 0.4) is 0 Å². The van der Waals surface area contributed by atoms with E-state index in [0.717, 1.165) is 11.0 Å². The second-order valence-corrected chi connectivity index (χ2v) is 6.88. The Kier molecular flexibility index (Phi) is 8.52. The molecule has 0 aliphatic rings. The summed E-state index contributed by atoms with van der Waals surface area (Å²) in [4.78, 5) is 27.6. The van der Waals surface area contributed by atoms with Crippen molar-refractivity contribution in [2.24, 2.45) is 0 Å². The number of hydrogen-bond donors (Lipinski definition) is 0. The summed E-state index contributed by atoms with van der Waals surface area (Å²) < 4.78 is 46.7. The number of anilines is 2. The van der Waals surface area contributed by atoms with Gasteiger partial charge in [-0.05, 0) is 31.2 Å². The molecule has 0 heterocycles. The summed E-state index contributed by atoms with van der Waals surface area (Å²) in [6.07, 6.45) is -3.89. The first kappa shape index (κ1) is 24.3. The topological polar surface area (TPSA) is 59.1 Å². The van der Waals surface area contributed by atoms with Crippen LogP contribution in [0.5, 0.6) is 0 Å². The highest BCUT2D eigenvalue weighted by atomic mass is 32.2. The molecule has 0 aliphatic carbocycles. The third kappa shape index (κ3) is 7.04. The molecule has 10 heteroatoms. The Morgan fingerprint density at radius 1 is 1.00 bits per heavy atom. The molecule has 0 spiro atoms. The van der Waals surface area contributed by atoms with E-state index >= 15 is 0 Å². The van der Waals surface area contributed by atoms with E-state index in [1.54, 1.807) is 49.4 Å². The first-order valence-corrected chi connectivity index (χ1v) is 9.85. The molecule has 0 radical (unpaired) electrons. The van der Waals surface area contributed by atoms with Crippen LogP contribution in [0.25, 0.3) is 0 Å². The van der Waals surface area contributed by atoms with E-state index in [1.807, 2.05) is 0 Å². The van der Waals surface area contributed by atoms with Crippen molar-refractivity contribution in [2.45, 2.75) is 13.3 Å². The summed E-state index contributed by atoms with van der Waals surface area (Å²) in [6, 6.07) is 14.8. The molecular formula is C21H21F3N2O4S. The van der Waals surface area contributed by atoms with Gasteiger partial charge in [0.1, 0.15) is 5.03 Å². The lowest BCUT2D eigenvalue weighted by atomic mass is 10.1. The second-order valence-electron chi connectivity index (χ2n) is 6.12. The highest BCUT2D eigenvalue weighted by molar-refractivity contribution is 7.98. The van der Waals surface area contributed by atoms with E-state index in [2.05, 4.69) is 4.18 Å². The van der Waals surface area contributed by atoms with Crippen LogP contribution in [-0.4, -0.2) is 38.9 Å². The minimum Gasteiger partial charge on any atom is -0.462 e. The third-order valence-corrected chi connectivity index (χ3v) is 4.87. The number of para-hydroxylation sites is 2. The fraction of sp³-hybridized carbons (Fsp3) is 0.238. The van der Waals surface area contributed by atoms with Gasteiger partial charge in [-0.25, -0.2) is 8.98 Å². The summed E-state index contributed by atoms with van der Waals surface area (Å²) in [5, 5.41) is -0.103. The molecule has 166 valence electrons. The van der Waals surface area contributed by atoms with Crippen LogP contribution in [0.15, 0.2) is 65.7 Å². The maximum Gasteiger partial charge on any atom is 0.534 e. The SMILES string of the molecule is CCOC(=O)c1ccccc1N(C)C(=O)C=C(SOC(F)(F)F)N(C)c1ccccc1. The number of alkyl halides is 3. The minimum atomic E-state index is -4.90. The second kappa shape index (κ2) is 10.9. The minimum absolute atomic E-state index is 0.0139. The third-order valence-electron chi connectivity index (χ3n) is 4.03. The van der Waals surface area contributed by atoms with Crippen molar-refractivity contribution in [3.05, 3.63) is 71.3 Å². The highest BCUT2D eigenvalue weighted by Crippen LogP contribution is 2.32. The van der Waals surface area contributed by atoms with Gasteiger partial charge in [-0.1, -0.05) is 30.3 Å². The molecule has 0 unspecified atom stereocenters. The summed E-state index contributed by atoms with van der Waals surface area (Å²) >= 11 is 0.0139. The molecule has 2 rings (SSSR count). The molecule has 0 aliphatic heterocycles. The lowest BCUT2D eigenvalue weighted by Gasteiger charge is -2.23. The van der Waals surface area contributed by atoms with E-state index in [9.17, 15) is 22.8 Å². The fourth-order valence-corrected chi connectivity index (χ4v) is 3.06. The number of rotatable bonds is 8. The lowest BCUT2D eigenvalue weighted by molar-refractivity contribution is -0.266. The summed E-state index contributed by atoms with van der Waals surface area (Å²) in [7, 11) is 2.92. The van der Waals surface area contributed by atoms with Gasteiger partial charge in [0.25, 0.3) is 5.91 Å². The monoisotopic (exact) mass is 454 g/mol. The number of amides is 1. The molecule has 6 nitrogen and oxygen atoms in total. The summed E-state index contributed by atoms with van der Waals surface area (Å²) in [6.45, 7) is 1.81. The Morgan fingerprint density at radius 3 is 2.23 bits per heavy atom. The van der Waals surface area contributed by atoms with Crippen molar-refractivity contribution in [3.8, 4) is 0 Å². The van der Waals surface area contributed by atoms with Crippen molar-refractivity contribution in [3.63, 3.8) is 0 Å². The van der Waals surface area contributed by atoms with Crippen LogP contribution in [-0.2, 0) is 13.7 Å². The zero-order valence-corrected chi connectivity index (χ0v) is 17.9. The quantitative estimate of drug-likeness (QED) is 0.318. The average Bonchev–Trinajstić information content (AvgIpc) is 2.75. The van der Waals surface area contributed by atoms with Gasteiger partial charge in [-0.15, -0.1) is 13.2 Å². The van der Waals surface area contributed by atoms with Crippen molar-refractivity contribution in [1.82, 2.24) is 0 Å². The predicted molar refractivity (Wildman–Crippen MR) is 113 cm³/mol. The van der Waals surface area contributed by atoms with E-state index in [4.69, 9.17) is 4.74 Å². The van der Waals surface area contributed by atoms with Gasteiger partial charge in [-0.2, -0.15) is 0 Å². The van der Waals surface area contributed by atoms with Crippen molar-refractivity contribution < 1.29 is 31.7 Å². The lowest BCUT2D eigenvalue weighted by Crippen LogP contribution is -2.28. The average molecular weight is 454 g/mol. The number of carbonyl (C=O) groups is 2. The van der Waals surface area contributed by atoms with Crippen LogP contribution >= 0.6 is 12.0 Å². The van der Waals surface area contributed by atoms with Gasteiger partial charge in [0.15, 0.2) is 0 Å². The molecule has 0 saturated carbocycles. The Morgan fingerprint density at radius 2 is 1.61 bits per heavy atom. The number of likely N-dealkylation sites (N-methyl/N-ethyl adjacent to an activating group) is 1. The van der Waals surface area contributed by atoms with Crippen LogP contribution in [0.2, 0.25) is 0 Å². The van der Waals surface area contributed by atoms with Crippen LogP contribution < -0.4 is 9.80 Å². The van der Waals surface area contributed by atoms with Crippen molar-refractivity contribution in [1.29, 1.82) is 0 Å². The zero-order chi connectivity index (χ0) is 23.0. The van der Waals surface area contributed by atoms with Gasteiger partial charge in [0, 0.05) is 25.9 Å². The summed E-state index contributed by atoms with van der Waals surface area (Å²) in [5.41, 5.74) is 0.964. The highest BCUT2D eigenvalue weighted by Gasteiger charge is 2.32. The normalized spacial score (nSPS) is 11.7. The number of hydrogen-bond acceptors (Lipinski definition) is 6. The molecule has 0 N–H and O–H groups in total. The molecule has 0 saturated heterocycles. The molecule has 2 aromatic carbocycles. The van der Waals surface area contributed by atoms with Gasteiger partial charge in [0.2, 0.25) is 0 Å². The summed E-state index contributed by atoms with van der Waals surface area (Å²) in [5.74, 6) is -1.27. The molecular weight excluding hydrogens is 433 g/mol. The maximum absolute atomic E-state index is 12.9. The Labute approximate surface area is 182 Å². The molecule has 0 bridgehead atoms. The van der Waals surface area contributed by atoms with Gasteiger partial charge in [0.05, 0.1) is 29.9 Å². The zero-order valence-electron chi connectivity index (χ0n) is 17.1. The Hall–Kier alpha value is -2.98. The van der Waals surface area contributed by atoms with Gasteiger partial charge >= 0.3 is 12.3 Å². The van der Waals surface area contributed by atoms with Crippen LogP contribution in [0, 0.1) is 0 Å². The molecule has 0 aromatic heterocycles. The number of carbonyl (C=O) groups excluding carboxylic acids is 2. The van der Waals surface area contributed by atoms with Crippen molar-refractivity contribution in [2.75, 3.05) is 30.5 Å². The largest absolute Gasteiger partial charge is 0.534 e. The number of esters is 1. The standard InChI is InChI=1S/C21H21F3N2O4S/c1-4-29-20(28)16-12-8-9-13-17(16)26(3)18(27)14-19(31-30-21(22,23)24)25(2)15-10-6-5-7-11-15/h5-14H,4H2,1-3H3. The number of halogens is 3. The first-order chi connectivity index (χ1) is 14.6. The molecule has 1 amide bonds. The van der Waals surface area contributed by atoms with E-state index in [1.165, 1.54) is 31.1 Å². The smallest absolute Gasteiger partial charge is 0.462 e. The predicted octanol–water partition coefficient (Wildman–Crippen LogP) is 4.99. The van der Waals surface area contributed by atoms with E-state index in [0.29, 0.717) is 5.69 Å². The molecule has 0 atom stereocenters. The number of ether oxygens (including phenoxy) is 1. The van der Waals surface area contributed by atoms with E-state index < -0.39 is 18.2 Å². The Balaban J connectivity index is 2.36. The number of nitrogens with zero attached hydrogens (tertiary/aromatic N) is 2. The first-order valence-electron chi connectivity index (χ1n) is 9.10. The molecule has 0 fully saturated rings. The number of benzene rings is 2. The van der Waals surface area contributed by atoms with Gasteiger partial charge < -0.3 is 14.5 Å². The molecule has 2 aromatic rings. The maximum atomic E-state index is 12.9. The van der Waals surface area contributed by atoms with Crippen LogP contribution in [0.1, 0.15) is 17.3 Å². The van der Waals surface area contributed by atoms with Crippen molar-refractivity contribution >= 4 is 35.3 Å². The van der Waals surface area contributed by atoms with E-state index in [-0.39, 0.29) is 34.9 Å². The Bertz CT molecular complexity index is 936. The molecule has 31 heavy (non-hydrogen) atoms.